The predicted molar refractivity (Wildman–Crippen MR) is 78.8 cm³/mol. The van der Waals surface area contributed by atoms with Crippen molar-refractivity contribution in [3.63, 3.8) is 0 Å². The second kappa shape index (κ2) is 6.51. The highest BCUT2D eigenvalue weighted by atomic mass is 16.3. The first-order chi connectivity index (χ1) is 9.11. The topological polar surface area (TPSA) is 49.5 Å². The van der Waals surface area contributed by atoms with E-state index >= 15 is 0 Å². The van der Waals surface area contributed by atoms with Gasteiger partial charge in [0.2, 0.25) is 0 Å². The summed E-state index contributed by atoms with van der Waals surface area (Å²) in [5.74, 6) is 0.441. The van der Waals surface area contributed by atoms with Gasteiger partial charge in [-0.25, -0.2) is 0 Å². The number of hydrogen-bond acceptors (Lipinski definition) is 3. The van der Waals surface area contributed by atoms with Gasteiger partial charge in [0.25, 0.3) is 0 Å². The van der Waals surface area contributed by atoms with Gasteiger partial charge in [-0.05, 0) is 35.9 Å². The Bertz CT molecular complexity index is 407. The molecule has 1 aromatic carbocycles. The quantitative estimate of drug-likeness (QED) is 0.848. The van der Waals surface area contributed by atoms with Crippen LogP contribution in [0.3, 0.4) is 0 Å². The molecule has 1 aromatic rings. The van der Waals surface area contributed by atoms with Gasteiger partial charge in [0.1, 0.15) is 0 Å². The van der Waals surface area contributed by atoms with Crippen molar-refractivity contribution in [3.8, 4) is 0 Å². The summed E-state index contributed by atoms with van der Waals surface area (Å²) in [5.41, 5.74) is 8.54. The zero-order chi connectivity index (χ0) is 13.8. The molecule has 106 valence electrons. The van der Waals surface area contributed by atoms with Crippen LogP contribution in [0.25, 0.3) is 0 Å². The maximum absolute atomic E-state index is 10.2. The molecule has 3 heteroatoms. The molecule has 0 bridgehead atoms. The molecule has 0 radical (unpaired) electrons. The molecule has 0 saturated carbocycles. The minimum absolute atomic E-state index is 0.173. The Hall–Kier alpha value is -0.900. The van der Waals surface area contributed by atoms with Crippen molar-refractivity contribution in [1.82, 2.24) is 4.90 Å². The van der Waals surface area contributed by atoms with Crippen molar-refractivity contribution in [2.75, 3.05) is 19.6 Å². The van der Waals surface area contributed by atoms with E-state index in [9.17, 15) is 5.11 Å². The summed E-state index contributed by atoms with van der Waals surface area (Å²) in [5, 5.41) is 10.2. The first-order valence-corrected chi connectivity index (χ1v) is 7.29. The van der Waals surface area contributed by atoms with Crippen LogP contribution >= 0.6 is 0 Å². The van der Waals surface area contributed by atoms with E-state index < -0.39 is 0 Å². The predicted octanol–water partition coefficient (Wildman–Crippen LogP) is 1.64. The van der Waals surface area contributed by atoms with Crippen LogP contribution in [0.15, 0.2) is 24.3 Å². The number of hydrogen-bond donors (Lipinski definition) is 2. The van der Waals surface area contributed by atoms with Crippen molar-refractivity contribution in [2.45, 2.75) is 32.9 Å². The van der Waals surface area contributed by atoms with Crippen LogP contribution in [-0.4, -0.2) is 35.7 Å². The van der Waals surface area contributed by atoms with E-state index in [4.69, 9.17) is 5.73 Å². The van der Waals surface area contributed by atoms with Gasteiger partial charge in [-0.2, -0.15) is 0 Å². The Kier molecular flexibility index (Phi) is 4.97. The van der Waals surface area contributed by atoms with Gasteiger partial charge in [-0.3, -0.25) is 4.90 Å². The standard InChI is InChI=1S/C16H26N2O/c1-12(9-17)16(19)13(2)10-18-8-7-14-5-3-4-6-15(14)11-18/h3-6,12-13,16,19H,7-11,17H2,1-2H3. The van der Waals surface area contributed by atoms with Crippen molar-refractivity contribution >= 4 is 0 Å². The van der Waals surface area contributed by atoms with E-state index in [1.807, 2.05) is 6.92 Å². The molecule has 2 rings (SSSR count). The third-order valence-corrected chi connectivity index (χ3v) is 4.29. The van der Waals surface area contributed by atoms with E-state index in [2.05, 4.69) is 36.1 Å². The summed E-state index contributed by atoms with van der Waals surface area (Å²) < 4.78 is 0. The van der Waals surface area contributed by atoms with Crippen molar-refractivity contribution in [3.05, 3.63) is 35.4 Å². The maximum Gasteiger partial charge on any atom is 0.0615 e. The zero-order valence-corrected chi connectivity index (χ0v) is 12.0. The largest absolute Gasteiger partial charge is 0.392 e. The molecule has 3 unspecified atom stereocenters. The highest BCUT2D eigenvalue weighted by molar-refractivity contribution is 5.29. The van der Waals surface area contributed by atoms with E-state index in [1.165, 1.54) is 11.1 Å². The average Bonchev–Trinajstić information content (AvgIpc) is 2.45. The summed E-state index contributed by atoms with van der Waals surface area (Å²) in [6.07, 6.45) is 0.813. The van der Waals surface area contributed by atoms with Crippen LogP contribution in [0.5, 0.6) is 0 Å². The van der Waals surface area contributed by atoms with Crippen molar-refractivity contribution in [1.29, 1.82) is 0 Å². The Morgan fingerprint density at radius 2 is 1.89 bits per heavy atom. The fraction of sp³-hybridized carbons (Fsp3) is 0.625. The maximum atomic E-state index is 10.2. The smallest absolute Gasteiger partial charge is 0.0615 e. The van der Waals surface area contributed by atoms with Gasteiger partial charge >= 0.3 is 0 Å². The highest BCUT2D eigenvalue weighted by Crippen LogP contribution is 2.21. The van der Waals surface area contributed by atoms with E-state index in [1.54, 1.807) is 0 Å². The summed E-state index contributed by atoms with van der Waals surface area (Å²) >= 11 is 0. The minimum Gasteiger partial charge on any atom is -0.392 e. The van der Waals surface area contributed by atoms with Crippen molar-refractivity contribution in [2.24, 2.45) is 17.6 Å². The van der Waals surface area contributed by atoms with Crippen LogP contribution < -0.4 is 5.73 Å². The second-order valence-corrected chi connectivity index (χ2v) is 5.93. The number of benzene rings is 1. The minimum atomic E-state index is -0.304. The van der Waals surface area contributed by atoms with Crippen LogP contribution in [0, 0.1) is 11.8 Å². The second-order valence-electron chi connectivity index (χ2n) is 5.93. The van der Waals surface area contributed by atoms with Gasteiger partial charge < -0.3 is 10.8 Å². The van der Waals surface area contributed by atoms with Gasteiger partial charge in [0, 0.05) is 19.6 Å². The monoisotopic (exact) mass is 262 g/mol. The van der Waals surface area contributed by atoms with Crippen LogP contribution in [0.1, 0.15) is 25.0 Å². The molecule has 1 heterocycles. The molecule has 0 aromatic heterocycles. The number of nitrogens with two attached hydrogens (primary N) is 1. The number of aliphatic hydroxyl groups is 1. The zero-order valence-electron chi connectivity index (χ0n) is 12.0. The Labute approximate surface area is 116 Å². The van der Waals surface area contributed by atoms with Gasteiger partial charge in [0.05, 0.1) is 6.10 Å². The van der Waals surface area contributed by atoms with Gasteiger partial charge in [0.15, 0.2) is 0 Å². The molecule has 1 aliphatic rings. The summed E-state index contributed by atoms with van der Waals surface area (Å²) in [6.45, 7) is 7.73. The molecular formula is C16H26N2O. The summed E-state index contributed by atoms with van der Waals surface area (Å²) in [7, 11) is 0. The first-order valence-electron chi connectivity index (χ1n) is 7.29. The van der Waals surface area contributed by atoms with Crippen LogP contribution in [0.4, 0.5) is 0 Å². The van der Waals surface area contributed by atoms with Crippen LogP contribution in [0.2, 0.25) is 0 Å². The number of nitrogens with zero attached hydrogens (tertiary/aromatic N) is 1. The SMILES string of the molecule is CC(CN)C(O)C(C)CN1CCc2ccccc2C1. The molecular weight excluding hydrogens is 236 g/mol. The Morgan fingerprint density at radius 1 is 1.21 bits per heavy atom. The normalized spacial score (nSPS) is 20.6. The molecule has 3 atom stereocenters. The van der Waals surface area contributed by atoms with Gasteiger partial charge in [-0.15, -0.1) is 0 Å². The molecule has 0 spiro atoms. The molecule has 0 amide bonds. The third-order valence-electron chi connectivity index (χ3n) is 4.29. The van der Waals surface area contributed by atoms with E-state index in [0.29, 0.717) is 6.54 Å². The lowest BCUT2D eigenvalue weighted by Gasteiger charge is -2.33. The van der Waals surface area contributed by atoms with Crippen LogP contribution in [-0.2, 0) is 13.0 Å². The first kappa shape index (κ1) is 14.5. The molecule has 3 nitrogen and oxygen atoms in total. The molecule has 3 N–H and O–H groups in total. The summed E-state index contributed by atoms with van der Waals surface area (Å²) in [4.78, 5) is 2.44. The highest BCUT2D eigenvalue weighted by Gasteiger charge is 2.24. The van der Waals surface area contributed by atoms with Crippen molar-refractivity contribution < 1.29 is 5.11 Å². The summed E-state index contributed by atoms with van der Waals surface area (Å²) in [6, 6.07) is 8.66. The number of rotatable bonds is 5. The number of fused-ring (bicyclic) bond motifs is 1. The Balaban J connectivity index is 1.91. The molecule has 0 saturated heterocycles. The Morgan fingerprint density at radius 3 is 2.58 bits per heavy atom. The fourth-order valence-electron chi connectivity index (χ4n) is 2.93. The molecule has 19 heavy (non-hydrogen) atoms. The fourth-order valence-corrected chi connectivity index (χ4v) is 2.93. The molecule has 1 aliphatic heterocycles. The third kappa shape index (κ3) is 3.56. The molecule has 0 aliphatic carbocycles. The molecule has 0 fully saturated rings. The lowest BCUT2D eigenvalue weighted by Crippen LogP contribution is -2.40. The number of aliphatic hydroxyl groups excluding tert-OH is 1. The lowest BCUT2D eigenvalue weighted by atomic mass is 9.92. The van der Waals surface area contributed by atoms with E-state index in [-0.39, 0.29) is 17.9 Å². The average molecular weight is 262 g/mol. The lowest BCUT2D eigenvalue weighted by molar-refractivity contribution is 0.0462. The van der Waals surface area contributed by atoms with E-state index in [0.717, 1.165) is 26.1 Å². The van der Waals surface area contributed by atoms with Gasteiger partial charge in [-0.1, -0.05) is 38.1 Å².